The number of hydrogen-bond acceptors (Lipinski definition) is 3. The zero-order valence-corrected chi connectivity index (χ0v) is 16.0. The number of anilines is 2. The van der Waals surface area contributed by atoms with Crippen molar-refractivity contribution in [3.63, 3.8) is 0 Å². The fourth-order valence-corrected chi connectivity index (χ4v) is 3.32. The number of carbonyl (C=O) groups excluding carboxylic acids is 3. The molecule has 0 spiro atoms. The SMILES string of the molecule is Cc1ccc(NC(=O)c2ccccc2)cc1NC(=O)CNC(=O)C1CCCC1. The lowest BCUT2D eigenvalue weighted by molar-refractivity contribution is -0.127. The van der Waals surface area contributed by atoms with Crippen molar-refractivity contribution < 1.29 is 14.4 Å². The van der Waals surface area contributed by atoms with Gasteiger partial charge in [-0.1, -0.05) is 37.1 Å². The lowest BCUT2D eigenvalue weighted by Crippen LogP contribution is -2.36. The first-order chi connectivity index (χ1) is 13.5. The van der Waals surface area contributed by atoms with Gasteiger partial charge in [-0.15, -0.1) is 0 Å². The highest BCUT2D eigenvalue weighted by Gasteiger charge is 2.22. The van der Waals surface area contributed by atoms with E-state index in [1.165, 1.54) is 0 Å². The number of aryl methyl sites for hydroxylation is 1. The zero-order chi connectivity index (χ0) is 19.9. The monoisotopic (exact) mass is 379 g/mol. The number of nitrogens with one attached hydrogen (secondary N) is 3. The predicted molar refractivity (Wildman–Crippen MR) is 109 cm³/mol. The van der Waals surface area contributed by atoms with Gasteiger partial charge in [0.15, 0.2) is 0 Å². The third-order valence-corrected chi connectivity index (χ3v) is 4.95. The van der Waals surface area contributed by atoms with Crippen molar-refractivity contribution in [2.45, 2.75) is 32.6 Å². The van der Waals surface area contributed by atoms with Crippen LogP contribution in [0.4, 0.5) is 11.4 Å². The average Bonchev–Trinajstić information content (AvgIpc) is 3.24. The summed E-state index contributed by atoms with van der Waals surface area (Å²) in [6.45, 7) is 1.81. The Kier molecular flexibility index (Phi) is 6.42. The van der Waals surface area contributed by atoms with Crippen molar-refractivity contribution in [2.75, 3.05) is 17.2 Å². The molecule has 6 nitrogen and oxygen atoms in total. The number of carbonyl (C=O) groups is 3. The van der Waals surface area contributed by atoms with Crippen molar-refractivity contribution in [2.24, 2.45) is 5.92 Å². The molecule has 2 aromatic rings. The molecule has 3 N–H and O–H groups in total. The normalized spacial score (nSPS) is 13.8. The molecule has 0 radical (unpaired) electrons. The third kappa shape index (κ3) is 5.19. The molecule has 0 unspecified atom stereocenters. The van der Waals surface area contributed by atoms with Crippen LogP contribution in [-0.4, -0.2) is 24.3 Å². The smallest absolute Gasteiger partial charge is 0.255 e. The molecule has 28 heavy (non-hydrogen) atoms. The first-order valence-corrected chi connectivity index (χ1v) is 9.57. The van der Waals surface area contributed by atoms with Crippen LogP contribution in [0.3, 0.4) is 0 Å². The maximum atomic E-state index is 12.3. The molecule has 1 saturated carbocycles. The minimum Gasteiger partial charge on any atom is -0.347 e. The summed E-state index contributed by atoms with van der Waals surface area (Å²) in [4.78, 5) is 36.6. The van der Waals surface area contributed by atoms with Crippen molar-refractivity contribution in [1.29, 1.82) is 0 Å². The van der Waals surface area contributed by atoms with Crippen LogP contribution in [0, 0.1) is 12.8 Å². The van der Waals surface area contributed by atoms with Gasteiger partial charge in [0.2, 0.25) is 11.8 Å². The van der Waals surface area contributed by atoms with Gasteiger partial charge in [0.05, 0.1) is 6.54 Å². The first kappa shape index (κ1) is 19.6. The molecule has 3 amide bonds. The Labute approximate surface area is 164 Å². The fraction of sp³-hybridized carbons (Fsp3) is 0.318. The Morgan fingerprint density at radius 2 is 1.68 bits per heavy atom. The molecule has 0 heterocycles. The summed E-state index contributed by atoms with van der Waals surface area (Å²) in [5.74, 6) is -0.522. The second-order valence-corrected chi connectivity index (χ2v) is 7.10. The summed E-state index contributed by atoms with van der Waals surface area (Å²) in [6, 6.07) is 14.2. The Balaban J connectivity index is 1.57. The highest BCUT2D eigenvalue weighted by atomic mass is 16.2. The van der Waals surface area contributed by atoms with Crippen LogP contribution < -0.4 is 16.0 Å². The topological polar surface area (TPSA) is 87.3 Å². The van der Waals surface area contributed by atoms with Crippen LogP contribution in [-0.2, 0) is 9.59 Å². The van der Waals surface area contributed by atoms with Crippen molar-refractivity contribution in [1.82, 2.24) is 5.32 Å². The van der Waals surface area contributed by atoms with E-state index in [9.17, 15) is 14.4 Å². The van der Waals surface area contributed by atoms with E-state index in [4.69, 9.17) is 0 Å². The average molecular weight is 379 g/mol. The van der Waals surface area contributed by atoms with E-state index < -0.39 is 0 Å². The Hall–Kier alpha value is -3.15. The molecule has 0 aliphatic heterocycles. The van der Waals surface area contributed by atoms with Crippen LogP contribution >= 0.6 is 0 Å². The maximum Gasteiger partial charge on any atom is 0.255 e. The molecule has 1 aliphatic carbocycles. The molecular weight excluding hydrogens is 354 g/mol. The van der Waals surface area contributed by atoms with Gasteiger partial charge in [-0.05, 0) is 49.6 Å². The first-order valence-electron chi connectivity index (χ1n) is 9.57. The van der Waals surface area contributed by atoms with Crippen molar-refractivity contribution in [3.05, 3.63) is 59.7 Å². The Morgan fingerprint density at radius 1 is 0.964 bits per heavy atom. The standard InChI is InChI=1S/C22H25N3O3/c1-15-11-12-18(24-22(28)17-7-3-2-4-8-17)13-19(15)25-20(26)14-23-21(27)16-9-5-6-10-16/h2-4,7-8,11-13,16H,5-6,9-10,14H2,1H3,(H,23,27)(H,24,28)(H,25,26). The fourth-order valence-electron chi connectivity index (χ4n) is 3.32. The van der Waals surface area contributed by atoms with Gasteiger partial charge < -0.3 is 16.0 Å². The van der Waals surface area contributed by atoms with E-state index in [1.54, 1.807) is 36.4 Å². The molecule has 0 bridgehead atoms. The summed E-state index contributed by atoms with van der Waals surface area (Å²) in [5, 5.41) is 8.34. The van der Waals surface area contributed by atoms with E-state index in [0.29, 0.717) is 16.9 Å². The van der Waals surface area contributed by atoms with Gasteiger partial charge in [0, 0.05) is 22.9 Å². The minimum atomic E-state index is -0.291. The van der Waals surface area contributed by atoms with Gasteiger partial charge in [0.1, 0.15) is 0 Å². The maximum absolute atomic E-state index is 12.3. The van der Waals surface area contributed by atoms with E-state index in [2.05, 4.69) is 16.0 Å². The van der Waals surface area contributed by atoms with Gasteiger partial charge in [-0.3, -0.25) is 14.4 Å². The van der Waals surface area contributed by atoms with Gasteiger partial charge in [-0.25, -0.2) is 0 Å². The molecule has 6 heteroatoms. The molecule has 0 saturated heterocycles. The number of amides is 3. The predicted octanol–water partition coefficient (Wildman–Crippen LogP) is 3.49. The van der Waals surface area contributed by atoms with Crippen LogP contribution in [0.2, 0.25) is 0 Å². The highest BCUT2D eigenvalue weighted by molar-refractivity contribution is 6.05. The minimum absolute atomic E-state index is 0.0334. The Morgan fingerprint density at radius 3 is 2.39 bits per heavy atom. The molecule has 0 aromatic heterocycles. The summed E-state index contributed by atoms with van der Waals surface area (Å²) in [7, 11) is 0. The molecule has 0 atom stereocenters. The van der Waals surface area contributed by atoms with Gasteiger partial charge in [0.25, 0.3) is 5.91 Å². The molecule has 1 fully saturated rings. The van der Waals surface area contributed by atoms with E-state index in [0.717, 1.165) is 31.2 Å². The van der Waals surface area contributed by atoms with Crippen molar-refractivity contribution >= 4 is 29.1 Å². The molecule has 2 aromatic carbocycles. The third-order valence-electron chi connectivity index (χ3n) is 4.95. The highest BCUT2D eigenvalue weighted by Crippen LogP contribution is 2.24. The van der Waals surface area contributed by atoms with Crippen LogP contribution in [0.15, 0.2) is 48.5 Å². The second-order valence-electron chi connectivity index (χ2n) is 7.10. The molecular formula is C22H25N3O3. The summed E-state index contributed by atoms with van der Waals surface area (Å²) in [6.07, 6.45) is 3.95. The van der Waals surface area contributed by atoms with E-state index in [-0.39, 0.29) is 30.2 Å². The number of benzene rings is 2. The number of hydrogen-bond donors (Lipinski definition) is 3. The van der Waals surface area contributed by atoms with E-state index in [1.807, 2.05) is 19.1 Å². The summed E-state index contributed by atoms with van der Waals surface area (Å²) in [5.41, 5.74) is 2.62. The lowest BCUT2D eigenvalue weighted by Gasteiger charge is -2.13. The lowest BCUT2D eigenvalue weighted by atomic mass is 10.1. The second kappa shape index (κ2) is 9.17. The van der Waals surface area contributed by atoms with Crippen molar-refractivity contribution in [3.8, 4) is 0 Å². The van der Waals surface area contributed by atoms with E-state index >= 15 is 0 Å². The van der Waals surface area contributed by atoms with Gasteiger partial charge in [-0.2, -0.15) is 0 Å². The quantitative estimate of drug-likeness (QED) is 0.718. The molecule has 146 valence electrons. The molecule has 1 aliphatic rings. The van der Waals surface area contributed by atoms with Crippen LogP contribution in [0.5, 0.6) is 0 Å². The van der Waals surface area contributed by atoms with Crippen LogP contribution in [0.25, 0.3) is 0 Å². The summed E-state index contributed by atoms with van der Waals surface area (Å²) >= 11 is 0. The molecule has 3 rings (SSSR count). The Bertz CT molecular complexity index is 859. The number of rotatable bonds is 6. The van der Waals surface area contributed by atoms with Gasteiger partial charge >= 0.3 is 0 Å². The zero-order valence-electron chi connectivity index (χ0n) is 16.0. The largest absolute Gasteiger partial charge is 0.347 e. The van der Waals surface area contributed by atoms with Crippen LogP contribution in [0.1, 0.15) is 41.6 Å². The summed E-state index contributed by atoms with van der Waals surface area (Å²) < 4.78 is 0.